The van der Waals surface area contributed by atoms with Gasteiger partial charge in [-0.3, -0.25) is 9.20 Å². The van der Waals surface area contributed by atoms with Crippen molar-refractivity contribution in [1.82, 2.24) is 9.38 Å². The number of nitrogens with one attached hydrogen (secondary N) is 1. The molecule has 0 unspecified atom stereocenters. The summed E-state index contributed by atoms with van der Waals surface area (Å²) in [6, 6.07) is 7.23. The van der Waals surface area contributed by atoms with Gasteiger partial charge in [-0.1, -0.05) is 11.2 Å². The number of anilines is 1. The third-order valence-corrected chi connectivity index (χ3v) is 3.28. The zero-order valence-electron chi connectivity index (χ0n) is 11.9. The largest absolute Gasteiger partial charge is 0.467 e. The molecule has 112 valence electrons. The van der Waals surface area contributed by atoms with Gasteiger partial charge in [-0.2, -0.15) is 0 Å². The van der Waals surface area contributed by atoms with Gasteiger partial charge in [0.15, 0.2) is 0 Å². The number of hydrogen-bond donors (Lipinski definition) is 2. The fourth-order valence-corrected chi connectivity index (χ4v) is 2.20. The summed E-state index contributed by atoms with van der Waals surface area (Å²) in [6.45, 7) is 2.24. The van der Waals surface area contributed by atoms with E-state index >= 15 is 0 Å². The van der Waals surface area contributed by atoms with E-state index in [-0.39, 0.29) is 11.1 Å². The van der Waals surface area contributed by atoms with Crippen LogP contribution in [-0.4, -0.2) is 20.8 Å². The van der Waals surface area contributed by atoms with Crippen LogP contribution in [0.4, 0.5) is 5.82 Å². The van der Waals surface area contributed by atoms with E-state index in [0.717, 1.165) is 11.8 Å². The van der Waals surface area contributed by atoms with Gasteiger partial charge in [-0.25, -0.2) is 4.98 Å². The number of rotatable bonds is 4. The molecule has 0 amide bonds. The number of furan rings is 1. The lowest BCUT2D eigenvalue weighted by Gasteiger charge is -2.10. The molecule has 0 atom stereocenters. The first-order chi connectivity index (χ1) is 10.7. The van der Waals surface area contributed by atoms with E-state index in [2.05, 4.69) is 15.5 Å². The molecule has 7 heteroatoms. The molecular weight excluding hydrogens is 284 g/mol. The summed E-state index contributed by atoms with van der Waals surface area (Å²) in [5.74, 6) is 1.05. The maximum absolute atomic E-state index is 12.5. The van der Waals surface area contributed by atoms with E-state index in [0.29, 0.717) is 23.8 Å². The summed E-state index contributed by atoms with van der Waals surface area (Å²) in [4.78, 5) is 17.0. The van der Waals surface area contributed by atoms with Gasteiger partial charge in [-0.05, 0) is 30.7 Å². The summed E-state index contributed by atoms with van der Waals surface area (Å²) in [6.07, 6.45) is 4.28. The summed E-state index contributed by atoms with van der Waals surface area (Å²) < 4.78 is 6.66. The Bertz CT molecular complexity index is 882. The van der Waals surface area contributed by atoms with Crippen molar-refractivity contribution >= 4 is 17.7 Å². The molecule has 0 spiro atoms. The zero-order chi connectivity index (χ0) is 15.5. The molecule has 3 aromatic heterocycles. The number of nitrogens with zero attached hydrogens (tertiary/aromatic N) is 3. The fraction of sp³-hybridized carbons (Fsp3) is 0.133. The van der Waals surface area contributed by atoms with Crippen LogP contribution in [0.3, 0.4) is 0 Å². The van der Waals surface area contributed by atoms with Gasteiger partial charge in [0.05, 0.1) is 19.0 Å². The fourth-order valence-electron chi connectivity index (χ4n) is 2.20. The quantitative estimate of drug-likeness (QED) is 0.437. The molecule has 0 saturated carbocycles. The second-order valence-corrected chi connectivity index (χ2v) is 4.74. The minimum Gasteiger partial charge on any atom is -0.467 e. The van der Waals surface area contributed by atoms with Crippen molar-refractivity contribution in [2.24, 2.45) is 5.16 Å². The third kappa shape index (κ3) is 2.44. The minimum absolute atomic E-state index is 0.178. The lowest BCUT2D eigenvalue weighted by molar-refractivity contribution is 0.322. The Morgan fingerprint density at radius 1 is 1.45 bits per heavy atom. The van der Waals surface area contributed by atoms with Crippen LogP contribution >= 0.6 is 0 Å². The van der Waals surface area contributed by atoms with E-state index in [1.165, 1.54) is 4.40 Å². The molecule has 2 N–H and O–H groups in total. The highest BCUT2D eigenvalue weighted by Crippen LogP contribution is 2.13. The summed E-state index contributed by atoms with van der Waals surface area (Å²) in [5.41, 5.74) is 1.28. The molecule has 22 heavy (non-hydrogen) atoms. The lowest BCUT2D eigenvalue weighted by Crippen LogP contribution is -2.22. The Morgan fingerprint density at radius 3 is 3.05 bits per heavy atom. The molecule has 0 radical (unpaired) electrons. The number of aromatic nitrogens is 2. The van der Waals surface area contributed by atoms with E-state index in [9.17, 15) is 4.79 Å². The average molecular weight is 298 g/mol. The Morgan fingerprint density at radius 2 is 2.32 bits per heavy atom. The van der Waals surface area contributed by atoms with Crippen molar-refractivity contribution in [2.45, 2.75) is 13.5 Å². The maximum atomic E-state index is 12.5. The molecule has 0 aliphatic carbocycles. The van der Waals surface area contributed by atoms with Crippen LogP contribution in [0.25, 0.3) is 5.65 Å². The topological polar surface area (TPSA) is 92.1 Å². The standard InChI is InChI=1S/C15H14N4O3/c1-10-4-2-6-19-14(10)18-13(12(9-17-21)15(19)20)16-8-11-5-3-7-22-11/h2-7,9,16,21H,8H2,1H3. The normalized spacial score (nSPS) is 11.3. The number of pyridine rings is 1. The van der Waals surface area contributed by atoms with Gasteiger partial charge in [0, 0.05) is 6.20 Å². The van der Waals surface area contributed by atoms with Crippen LogP contribution in [-0.2, 0) is 6.54 Å². The molecule has 0 aliphatic heterocycles. The molecule has 7 nitrogen and oxygen atoms in total. The van der Waals surface area contributed by atoms with Crippen molar-refractivity contribution < 1.29 is 9.62 Å². The molecule has 3 rings (SSSR count). The van der Waals surface area contributed by atoms with Crippen molar-refractivity contribution in [3.05, 3.63) is 64.0 Å². The van der Waals surface area contributed by atoms with Crippen molar-refractivity contribution in [3.8, 4) is 0 Å². The van der Waals surface area contributed by atoms with Gasteiger partial charge < -0.3 is 14.9 Å². The van der Waals surface area contributed by atoms with Gasteiger partial charge in [0.1, 0.15) is 22.8 Å². The van der Waals surface area contributed by atoms with Crippen LogP contribution in [0, 0.1) is 6.92 Å². The first-order valence-electron chi connectivity index (χ1n) is 6.66. The monoisotopic (exact) mass is 298 g/mol. The van der Waals surface area contributed by atoms with Gasteiger partial charge >= 0.3 is 0 Å². The Kier molecular flexibility index (Phi) is 3.61. The predicted molar refractivity (Wildman–Crippen MR) is 81.6 cm³/mol. The van der Waals surface area contributed by atoms with Crippen LogP contribution < -0.4 is 10.9 Å². The highest BCUT2D eigenvalue weighted by Gasteiger charge is 2.12. The first-order valence-corrected chi connectivity index (χ1v) is 6.66. The van der Waals surface area contributed by atoms with E-state index in [1.54, 1.807) is 24.6 Å². The molecule has 0 saturated heterocycles. The molecular formula is C15H14N4O3. The maximum Gasteiger partial charge on any atom is 0.268 e. The van der Waals surface area contributed by atoms with Crippen LogP contribution in [0.5, 0.6) is 0 Å². The third-order valence-electron chi connectivity index (χ3n) is 3.28. The van der Waals surface area contributed by atoms with Gasteiger partial charge in [0.25, 0.3) is 5.56 Å². The molecule has 3 heterocycles. The smallest absolute Gasteiger partial charge is 0.268 e. The summed E-state index contributed by atoms with van der Waals surface area (Å²) in [5, 5.41) is 14.8. The number of fused-ring (bicyclic) bond motifs is 1. The van der Waals surface area contributed by atoms with E-state index in [4.69, 9.17) is 9.62 Å². The molecule has 0 fully saturated rings. The minimum atomic E-state index is -0.312. The number of hydrogen-bond acceptors (Lipinski definition) is 6. The average Bonchev–Trinajstić information content (AvgIpc) is 3.03. The number of aryl methyl sites for hydroxylation is 1. The summed E-state index contributed by atoms with van der Waals surface area (Å²) in [7, 11) is 0. The van der Waals surface area contributed by atoms with Crippen molar-refractivity contribution in [2.75, 3.05) is 5.32 Å². The molecule has 0 aliphatic rings. The Balaban J connectivity index is 2.12. The summed E-state index contributed by atoms with van der Waals surface area (Å²) >= 11 is 0. The van der Waals surface area contributed by atoms with Crippen LogP contribution in [0.15, 0.2) is 51.1 Å². The second kappa shape index (κ2) is 5.72. The van der Waals surface area contributed by atoms with Gasteiger partial charge in [0.2, 0.25) is 0 Å². The highest BCUT2D eigenvalue weighted by atomic mass is 16.4. The SMILES string of the molecule is Cc1cccn2c(=O)c(C=NO)c(NCc3ccco3)nc12. The van der Waals surface area contributed by atoms with E-state index in [1.807, 2.05) is 19.1 Å². The number of oxime groups is 1. The van der Waals surface area contributed by atoms with Crippen molar-refractivity contribution in [1.29, 1.82) is 0 Å². The van der Waals surface area contributed by atoms with E-state index < -0.39 is 0 Å². The van der Waals surface area contributed by atoms with Crippen LogP contribution in [0.2, 0.25) is 0 Å². The predicted octanol–water partition coefficient (Wildman–Crippen LogP) is 2.02. The second-order valence-electron chi connectivity index (χ2n) is 4.74. The lowest BCUT2D eigenvalue weighted by atomic mass is 10.2. The Labute approximate surface area is 125 Å². The first kappa shape index (κ1) is 13.9. The Hall–Kier alpha value is -3.09. The van der Waals surface area contributed by atoms with Crippen molar-refractivity contribution in [3.63, 3.8) is 0 Å². The zero-order valence-corrected chi connectivity index (χ0v) is 11.9. The molecule has 0 bridgehead atoms. The highest BCUT2D eigenvalue weighted by molar-refractivity contribution is 5.86. The molecule has 3 aromatic rings. The molecule has 0 aromatic carbocycles. The van der Waals surface area contributed by atoms with Crippen LogP contribution in [0.1, 0.15) is 16.9 Å². The van der Waals surface area contributed by atoms with Gasteiger partial charge in [-0.15, -0.1) is 0 Å².